The summed E-state index contributed by atoms with van der Waals surface area (Å²) in [5.41, 5.74) is 12.8. The van der Waals surface area contributed by atoms with Gasteiger partial charge in [-0.05, 0) is 87.8 Å². The molecule has 0 saturated carbocycles. The van der Waals surface area contributed by atoms with Crippen LogP contribution in [0.15, 0.2) is 154 Å². The molecule has 0 amide bonds. The monoisotopic (exact) mass is 578 g/mol. The van der Waals surface area contributed by atoms with Gasteiger partial charge in [0, 0.05) is 27.6 Å². The molecule has 0 radical (unpaired) electrons. The lowest BCUT2D eigenvalue weighted by atomic mass is 9.98. The number of aryl methyl sites for hydroxylation is 1. The Bertz CT molecular complexity index is 2440. The summed E-state index contributed by atoms with van der Waals surface area (Å²) in [6.07, 6.45) is 1.98. The van der Waals surface area contributed by atoms with Crippen LogP contribution in [0.1, 0.15) is 11.3 Å². The maximum atomic E-state index is 6.34. The van der Waals surface area contributed by atoms with E-state index >= 15 is 0 Å². The van der Waals surface area contributed by atoms with Gasteiger partial charge < -0.3 is 8.83 Å². The van der Waals surface area contributed by atoms with E-state index in [1.54, 1.807) is 0 Å². The Balaban J connectivity index is 1.15. The summed E-state index contributed by atoms with van der Waals surface area (Å²) in [7, 11) is 0. The van der Waals surface area contributed by atoms with Gasteiger partial charge in [-0.3, -0.25) is 0 Å². The van der Waals surface area contributed by atoms with Crippen molar-refractivity contribution in [1.29, 1.82) is 0 Å². The highest BCUT2D eigenvalue weighted by atomic mass is 16.3. The second-order valence-electron chi connectivity index (χ2n) is 11.5. The Labute approximate surface area is 261 Å². The first-order valence-corrected chi connectivity index (χ1v) is 15.2. The Hall–Kier alpha value is -5.86. The van der Waals surface area contributed by atoms with Crippen LogP contribution in [0.5, 0.6) is 0 Å². The predicted molar refractivity (Wildman–Crippen MR) is 187 cm³/mol. The third kappa shape index (κ3) is 4.97. The van der Waals surface area contributed by atoms with Crippen LogP contribution in [0.4, 0.5) is 0 Å². The summed E-state index contributed by atoms with van der Waals surface area (Å²) in [5.74, 6) is 0.778. The molecule has 0 unspecified atom stereocenters. The highest BCUT2D eigenvalue weighted by Gasteiger charge is 2.13. The van der Waals surface area contributed by atoms with E-state index in [2.05, 4.69) is 141 Å². The molecule has 45 heavy (non-hydrogen) atoms. The average molecular weight is 579 g/mol. The molecule has 0 aliphatic heterocycles. The normalized spacial score (nSPS) is 11.9. The van der Waals surface area contributed by atoms with Gasteiger partial charge in [-0.2, -0.15) is 0 Å². The van der Waals surface area contributed by atoms with Crippen LogP contribution in [-0.4, -0.2) is 0 Å². The van der Waals surface area contributed by atoms with Gasteiger partial charge in [0.25, 0.3) is 0 Å². The summed E-state index contributed by atoms with van der Waals surface area (Å²) in [5, 5.41) is 2.94. The molecule has 0 bridgehead atoms. The second-order valence-corrected chi connectivity index (χ2v) is 11.5. The quantitative estimate of drug-likeness (QED) is 0.203. The molecule has 0 aliphatic carbocycles. The van der Waals surface area contributed by atoms with E-state index in [0.29, 0.717) is 5.42 Å². The van der Waals surface area contributed by atoms with E-state index in [1.165, 1.54) is 27.8 Å². The number of rotatable bonds is 5. The Morgan fingerprint density at radius 3 is 1.44 bits per heavy atom. The first-order valence-electron chi connectivity index (χ1n) is 15.2. The Morgan fingerprint density at radius 2 is 0.889 bits per heavy atom. The van der Waals surface area contributed by atoms with Gasteiger partial charge in [0.15, 0.2) is 0 Å². The van der Waals surface area contributed by atoms with Crippen LogP contribution in [-0.2, 0) is 0 Å². The van der Waals surface area contributed by atoms with Crippen molar-refractivity contribution in [3.05, 3.63) is 168 Å². The zero-order valence-corrected chi connectivity index (χ0v) is 25.0. The van der Waals surface area contributed by atoms with E-state index in [-0.39, 0.29) is 0 Å². The van der Waals surface area contributed by atoms with E-state index < -0.39 is 0 Å². The van der Waals surface area contributed by atoms with Gasteiger partial charge in [-0.25, -0.2) is 0 Å². The molecule has 2 heteroatoms. The minimum atomic E-state index is 0.707. The smallest absolute Gasteiger partial charge is 0.138 e. The van der Waals surface area contributed by atoms with Crippen LogP contribution in [0.2, 0.25) is 0 Å². The van der Waals surface area contributed by atoms with Crippen LogP contribution in [0.25, 0.3) is 79.1 Å². The Kier molecular flexibility index (Phi) is 6.54. The second kappa shape index (κ2) is 11.0. The van der Waals surface area contributed by atoms with Gasteiger partial charge in [0.05, 0.1) is 0 Å². The molecule has 0 fully saturated rings. The molecular weight excluding hydrogens is 548 g/mol. The molecule has 6 aromatic carbocycles. The number of fused-ring (bicyclic) bond motifs is 2. The molecule has 0 N–H and O–H groups in total. The number of benzene rings is 6. The lowest BCUT2D eigenvalue weighted by Gasteiger charge is -2.06. The largest absolute Gasteiger partial charge is 0.456 e. The minimum absolute atomic E-state index is 0.707. The van der Waals surface area contributed by atoms with Crippen molar-refractivity contribution in [1.82, 2.24) is 0 Å². The van der Waals surface area contributed by atoms with Gasteiger partial charge in [0.1, 0.15) is 22.3 Å². The number of hydrogen-bond acceptors (Lipinski definition) is 2. The van der Waals surface area contributed by atoms with Gasteiger partial charge in [-0.1, -0.05) is 116 Å². The summed E-state index contributed by atoms with van der Waals surface area (Å²) >= 11 is 0. The van der Waals surface area contributed by atoms with Crippen molar-refractivity contribution in [2.75, 3.05) is 0 Å². The van der Waals surface area contributed by atoms with Crippen molar-refractivity contribution in [2.45, 2.75) is 6.92 Å². The van der Waals surface area contributed by atoms with Crippen molar-refractivity contribution >= 4 is 34.6 Å². The molecule has 2 nitrogen and oxygen atoms in total. The summed E-state index contributed by atoms with van der Waals surface area (Å²) < 4.78 is 12.7. The number of hydrogen-bond donors (Lipinski definition) is 0. The van der Waals surface area contributed by atoms with Gasteiger partial charge in [0.2, 0.25) is 0 Å². The SMILES string of the molecule is C=c1/c(=C\c2oc3ccc(-c4cccc(-c5ccccc5)c4)cc3c2C)oc2ccc(-c3cccc(-c4ccccc4)c3)cc12. The molecule has 8 aromatic rings. The van der Waals surface area contributed by atoms with Crippen LogP contribution < -0.4 is 10.6 Å². The Morgan fingerprint density at radius 1 is 0.444 bits per heavy atom. The molecule has 0 saturated heterocycles. The highest BCUT2D eigenvalue weighted by molar-refractivity contribution is 5.90. The summed E-state index contributed by atoms with van der Waals surface area (Å²) in [6, 6.07) is 51.0. The fraction of sp³-hybridized carbons (Fsp3) is 0.0233. The maximum absolute atomic E-state index is 6.34. The van der Waals surface area contributed by atoms with Crippen LogP contribution in [0, 0.1) is 6.92 Å². The molecule has 0 atom stereocenters. The van der Waals surface area contributed by atoms with E-state index in [4.69, 9.17) is 8.83 Å². The zero-order valence-electron chi connectivity index (χ0n) is 25.0. The van der Waals surface area contributed by atoms with E-state index in [1.807, 2.05) is 24.3 Å². The predicted octanol–water partition coefficient (Wildman–Crippen LogP) is 10.4. The molecule has 2 heterocycles. The standard InChI is InChI=1S/C43H30O2/c1-28-38-25-36(34-17-9-15-32(23-34)30-11-5-3-6-12-30)19-21-40(38)44-42(28)27-43-29(2)39-26-37(20-22-41(39)45-43)35-18-10-16-33(24-35)31-13-7-4-8-14-31/h3-27H,1H2,2H3/b42-27+. The topological polar surface area (TPSA) is 26.3 Å². The van der Waals surface area contributed by atoms with Crippen molar-refractivity contribution in [2.24, 2.45) is 0 Å². The summed E-state index contributed by atoms with van der Waals surface area (Å²) in [6.45, 7) is 6.51. The van der Waals surface area contributed by atoms with Gasteiger partial charge in [-0.15, -0.1) is 0 Å². The lowest BCUT2D eigenvalue weighted by molar-refractivity contribution is 0.565. The maximum Gasteiger partial charge on any atom is 0.138 e. The summed E-state index contributed by atoms with van der Waals surface area (Å²) in [4.78, 5) is 0. The molecule has 214 valence electrons. The average Bonchev–Trinajstić information content (AvgIpc) is 3.59. The fourth-order valence-electron chi connectivity index (χ4n) is 6.16. The van der Waals surface area contributed by atoms with Crippen LogP contribution in [0.3, 0.4) is 0 Å². The van der Waals surface area contributed by atoms with Crippen molar-refractivity contribution in [3.63, 3.8) is 0 Å². The molecule has 8 rings (SSSR count). The third-order valence-electron chi connectivity index (χ3n) is 8.66. The van der Waals surface area contributed by atoms with Crippen molar-refractivity contribution in [3.8, 4) is 44.5 Å². The zero-order chi connectivity index (χ0) is 30.3. The first kappa shape index (κ1) is 26.7. The third-order valence-corrected chi connectivity index (χ3v) is 8.66. The van der Waals surface area contributed by atoms with Gasteiger partial charge >= 0.3 is 0 Å². The van der Waals surface area contributed by atoms with E-state index in [0.717, 1.165) is 55.2 Å². The molecular formula is C43H30O2. The lowest BCUT2D eigenvalue weighted by Crippen LogP contribution is -2.18. The highest BCUT2D eigenvalue weighted by Crippen LogP contribution is 2.33. The van der Waals surface area contributed by atoms with E-state index in [9.17, 15) is 0 Å². The van der Waals surface area contributed by atoms with Crippen LogP contribution >= 0.6 is 0 Å². The molecule has 0 spiro atoms. The van der Waals surface area contributed by atoms with Crippen molar-refractivity contribution < 1.29 is 8.83 Å². The molecule has 0 aliphatic rings. The minimum Gasteiger partial charge on any atom is -0.456 e. The number of furan rings is 2. The fourth-order valence-corrected chi connectivity index (χ4v) is 6.16. The molecule has 2 aromatic heterocycles. The first-order chi connectivity index (χ1) is 22.1.